The number of carbonyl (C=O) groups excluding carboxylic acids is 2. The second kappa shape index (κ2) is 9.90. The van der Waals surface area contributed by atoms with Gasteiger partial charge in [0.15, 0.2) is 0 Å². The second-order valence-electron chi connectivity index (χ2n) is 11.2. The van der Waals surface area contributed by atoms with Crippen molar-refractivity contribution >= 4 is 32.9 Å². The number of ether oxygens (including phenoxy) is 1. The second-order valence-corrected chi connectivity index (χ2v) is 12.8. The predicted octanol–water partition coefficient (Wildman–Crippen LogP) is 4.94. The quantitative estimate of drug-likeness (QED) is 0.503. The van der Waals surface area contributed by atoms with Crippen molar-refractivity contribution in [3.8, 4) is 11.1 Å². The van der Waals surface area contributed by atoms with E-state index in [4.69, 9.17) is 4.74 Å². The largest absolute Gasteiger partial charge is 0.443 e. The van der Waals surface area contributed by atoms with Crippen molar-refractivity contribution in [1.82, 2.24) is 14.2 Å². The molecule has 1 N–H and O–H groups in total. The number of likely N-dealkylation sites (N-methyl/N-ethyl adjacent to an activating group) is 1. The number of hydrogen-bond acceptors (Lipinski definition) is 5. The van der Waals surface area contributed by atoms with Crippen LogP contribution in [0.3, 0.4) is 0 Å². The molecule has 3 aromatic rings. The third-order valence-corrected chi connectivity index (χ3v) is 7.16. The maximum absolute atomic E-state index is 14.2. The summed E-state index contributed by atoms with van der Waals surface area (Å²) < 4.78 is 49.9. The summed E-state index contributed by atoms with van der Waals surface area (Å²) in [6, 6.07) is 8.76. The molecule has 200 valence electrons. The average Bonchev–Trinajstić information content (AvgIpc) is 3.09. The van der Waals surface area contributed by atoms with Crippen molar-refractivity contribution < 1.29 is 27.1 Å². The number of carbonyl (C=O) groups is 2. The normalized spacial score (nSPS) is 12.6. The summed E-state index contributed by atoms with van der Waals surface area (Å²) in [7, 11) is -0.757. The van der Waals surface area contributed by atoms with Crippen molar-refractivity contribution in [3.63, 3.8) is 0 Å². The molecular weight excluding hydrogens is 497 g/mol. The molecule has 0 unspecified atom stereocenters. The van der Waals surface area contributed by atoms with Crippen molar-refractivity contribution in [3.05, 3.63) is 54.0 Å². The van der Waals surface area contributed by atoms with E-state index in [1.54, 1.807) is 73.8 Å². The summed E-state index contributed by atoms with van der Waals surface area (Å²) in [4.78, 5) is 26.9. The van der Waals surface area contributed by atoms with E-state index in [9.17, 15) is 22.4 Å². The lowest BCUT2D eigenvalue weighted by Crippen LogP contribution is -2.41. The third kappa shape index (κ3) is 6.75. The van der Waals surface area contributed by atoms with Gasteiger partial charge < -0.3 is 9.64 Å². The topological polar surface area (TPSA) is 97.7 Å². The zero-order valence-corrected chi connectivity index (χ0v) is 23.3. The molecule has 0 saturated heterocycles. The number of halogens is 1. The lowest BCUT2D eigenvalue weighted by molar-refractivity contribution is -0.128. The van der Waals surface area contributed by atoms with Gasteiger partial charge in [0.25, 0.3) is 0 Å². The number of amides is 1. The highest BCUT2D eigenvalue weighted by Crippen LogP contribution is 2.34. The summed E-state index contributed by atoms with van der Waals surface area (Å²) in [5, 5.41) is 0.570. The summed E-state index contributed by atoms with van der Waals surface area (Å²) in [6.45, 7) is 10.4. The lowest BCUT2D eigenvalue weighted by Gasteiger charge is -2.22. The molecule has 2 aromatic carbocycles. The molecule has 0 aliphatic carbocycles. The Morgan fingerprint density at radius 1 is 1.03 bits per heavy atom. The number of sulfonamides is 1. The van der Waals surface area contributed by atoms with Crippen LogP contribution in [0, 0.1) is 5.82 Å². The Labute approximate surface area is 217 Å². The molecule has 10 heteroatoms. The highest BCUT2D eigenvalue weighted by atomic mass is 32.2. The fourth-order valence-electron chi connectivity index (χ4n) is 3.82. The lowest BCUT2D eigenvalue weighted by atomic mass is 10.0. The van der Waals surface area contributed by atoms with E-state index in [-0.39, 0.29) is 17.2 Å². The van der Waals surface area contributed by atoms with Gasteiger partial charge in [0.2, 0.25) is 15.9 Å². The number of rotatable bonds is 5. The molecule has 0 atom stereocenters. The molecule has 3 rings (SSSR count). The van der Waals surface area contributed by atoms with Gasteiger partial charge in [-0.05, 0) is 83.0 Å². The Morgan fingerprint density at radius 3 is 2.24 bits per heavy atom. The molecule has 8 nitrogen and oxygen atoms in total. The van der Waals surface area contributed by atoms with Gasteiger partial charge >= 0.3 is 6.09 Å². The van der Waals surface area contributed by atoms with Crippen molar-refractivity contribution in [1.29, 1.82) is 0 Å². The Bertz CT molecular complexity index is 1460. The predicted molar refractivity (Wildman–Crippen MR) is 141 cm³/mol. The van der Waals surface area contributed by atoms with Crippen LogP contribution in [0.25, 0.3) is 22.0 Å². The first-order valence-corrected chi connectivity index (χ1v) is 13.3. The highest BCUT2D eigenvalue weighted by molar-refractivity contribution is 7.89. The summed E-state index contributed by atoms with van der Waals surface area (Å²) in [6.07, 6.45) is 0.707. The Hall–Kier alpha value is -3.24. The van der Waals surface area contributed by atoms with E-state index in [1.807, 2.05) is 0 Å². The molecule has 1 amide bonds. The van der Waals surface area contributed by atoms with Gasteiger partial charge in [-0.2, -0.15) is 0 Å². The van der Waals surface area contributed by atoms with Crippen molar-refractivity contribution in [2.45, 2.75) is 64.0 Å². The summed E-state index contributed by atoms with van der Waals surface area (Å²) in [5.74, 6) is -0.795. The minimum Gasteiger partial charge on any atom is -0.443 e. The first kappa shape index (κ1) is 28.3. The van der Waals surface area contributed by atoms with E-state index in [0.717, 1.165) is 0 Å². The van der Waals surface area contributed by atoms with E-state index in [1.165, 1.54) is 33.9 Å². The van der Waals surface area contributed by atoms with Crippen LogP contribution in [0.1, 0.15) is 47.1 Å². The summed E-state index contributed by atoms with van der Waals surface area (Å²) in [5.41, 5.74) is 0.235. The molecule has 0 saturated carbocycles. The summed E-state index contributed by atoms with van der Waals surface area (Å²) >= 11 is 0. The van der Waals surface area contributed by atoms with Gasteiger partial charge in [0.1, 0.15) is 11.4 Å². The van der Waals surface area contributed by atoms with Gasteiger partial charge in [-0.3, -0.25) is 9.36 Å². The smallest absolute Gasteiger partial charge is 0.419 e. The van der Waals surface area contributed by atoms with Crippen LogP contribution >= 0.6 is 0 Å². The number of hydrogen-bond donors (Lipinski definition) is 1. The highest BCUT2D eigenvalue weighted by Gasteiger charge is 2.27. The molecule has 1 aromatic heterocycles. The third-order valence-electron chi connectivity index (χ3n) is 5.30. The van der Waals surface area contributed by atoms with E-state index >= 15 is 0 Å². The fraction of sp³-hybridized carbons (Fsp3) is 0.407. The van der Waals surface area contributed by atoms with Crippen molar-refractivity contribution in [2.75, 3.05) is 14.1 Å². The molecular formula is C27H34FN3O5S. The van der Waals surface area contributed by atoms with Crippen LogP contribution in [0.5, 0.6) is 0 Å². The molecule has 0 aliphatic rings. The van der Waals surface area contributed by atoms with Gasteiger partial charge in [0.05, 0.1) is 16.8 Å². The first-order chi connectivity index (χ1) is 16.9. The fourth-order valence-corrected chi connectivity index (χ4v) is 5.46. The number of benzene rings is 2. The monoisotopic (exact) mass is 531 g/mol. The SMILES string of the molecule is CN(C)C(=O)Cc1cc(-c2cn(C(=O)OC(C)(C)C)c3cc(F)ccc23)ccc1S(=O)(=O)NC(C)(C)C. The van der Waals surface area contributed by atoms with Gasteiger partial charge in [-0.1, -0.05) is 6.07 Å². The number of aromatic nitrogens is 1. The number of nitrogens with one attached hydrogen (secondary N) is 1. The zero-order chi connectivity index (χ0) is 27.9. The zero-order valence-electron chi connectivity index (χ0n) is 22.5. The Balaban J connectivity index is 2.23. The Kier molecular flexibility index (Phi) is 7.58. The van der Waals surface area contributed by atoms with Gasteiger partial charge in [-0.25, -0.2) is 22.3 Å². The Morgan fingerprint density at radius 2 is 1.68 bits per heavy atom. The van der Waals surface area contributed by atoms with Crippen LogP contribution in [0.15, 0.2) is 47.5 Å². The van der Waals surface area contributed by atoms with Crippen LogP contribution in [-0.4, -0.2) is 55.1 Å². The molecule has 1 heterocycles. The minimum absolute atomic E-state index is 0.0108. The van der Waals surface area contributed by atoms with Crippen LogP contribution < -0.4 is 4.72 Å². The minimum atomic E-state index is -3.95. The maximum Gasteiger partial charge on any atom is 0.419 e. The molecule has 0 bridgehead atoms. The average molecular weight is 532 g/mol. The van der Waals surface area contributed by atoms with Crippen LogP contribution in [0.2, 0.25) is 0 Å². The standard InChI is InChI=1S/C27H34FN3O5S/c1-26(2,3)29-37(34,35)23-12-9-17(13-18(23)14-24(32)30(7)8)21-16-31(25(33)36-27(4,5)6)22-15-19(28)10-11-20(21)22/h9-13,15-16,29H,14H2,1-8H3. The molecule has 0 fully saturated rings. The molecule has 37 heavy (non-hydrogen) atoms. The van der Waals surface area contributed by atoms with Gasteiger partial charge in [0, 0.05) is 36.8 Å². The van der Waals surface area contributed by atoms with E-state index in [0.29, 0.717) is 27.6 Å². The molecule has 0 radical (unpaired) electrons. The molecule has 0 spiro atoms. The van der Waals surface area contributed by atoms with Crippen LogP contribution in [0.4, 0.5) is 9.18 Å². The number of nitrogens with zero attached hydrogens (tertiary/aromatic N) is 2. The number of fused-ring (bicyclic) bond motifs is 1. The first-order valence-electron chi connectivity index (χ1n) is 11.8. The molecule has 0 aliphatic heterocycles. The van der Waals surface area contributed by atoms with E-state index in [2.05, 4.69) is 4.72 Å². The van der Waals surface area contributed by atoms with Crippen molar-refractivity contribution in [2.24, 2.45) is 0 Å². The van der Waals surface area contributed by atoms with E-state index < -0.39 is 33.1 Å². The van der Waals surface area contributed by atoms with Gasteiger partial charge in [-0.15, -0.1) is 0 Å². The van der Waals surface area contributed by atoms with Crippen LogP contribution in [-0.2, 0) is 26.0 Å². The maximum atomic E-state index is 14.2.